The summed E-state index contributed by atoms with van der Waals surface area (Å²) >= 11 is 9.52. The lowest BCUT2D eigenvalue weighted by Crippen LogP contribution is -2.37. The molecule has 0 spiro atoms. The molecule has 1 aliphatic rings. The molecule has 0 unspecified atom stereocenters. The van der Waals surface area contributed by atoms with Crippen molar-refractivity contribution in [2.75, 3.05) is 13.2 Å². The summed E-state index contributed by atoms with van der Waals surface area (Å²) in [6, 6.07) is 8.71. The Hall–Kier alpha value is -2.42. The van der Waals surface area contributed by atoms with Crippen LogP contribution in [0.15, 0.2) is 50.1 Å². The second-order valence-electron chi connectivity index (χ2n) is 7.20. The summed E-state index contributed by atoms with van der Waals surface area (Å²) in [6.07, 6.45) is 0.919. The average Bonchev–Trinajstić information content (AvgIpc) is 2.67. The van der Waals surface area contributed by atoms with Gasteiger partial charge in [-0.25, -0.2) is 4.39 Å². The van der Waals surface area contributed by atoms with Crippen molar-refractivity contribution in [1.29, 1.82) is 0 Å². The predicted octanol–water partition coefficient (Wildman–Crippen LogP) is 5.27. The second-order valence-corrected chi connectivity index (χ2v) is 8.47. The fourth-order valence-electron chi connectivity index (χ4n) is 3.43. The normalized spacial score (nSPS) is 18.0. The number of benzene rings is 2. The molecule has 1 N–H and O–H groups in total. The Labute approximate surface area is 189 Å². The van der Waals surface area contributed by atoms with E-state index in [1.807, 2.05) is 0 Å². The first-order chi connectivity index (χ1) is 14.8. The second kappa shape index (κ2) is 8.98. The molecule has 2 aromatic carbocycles. The van der Waals surface area contributed by atoms with E-state index in [9.17, 15) is 14.0 Å². The summed E-state index contributed by atoms with van der Waals surface area (Å²) in [5, 5.41) is 8.97. The molecule has 0 radical (unpaired) electrons. The van der Waals surface area contributed by atoms with Gasteiger partial charge in [0, 0.05) is 6.07 Å². The Balaban J connectivity index is 1.53. The van der Waals surface area contributed by atoms with Crippen molar-refractivity contribution >= 4 is 44.5 Å². The molecule has 0 aliphatic heterocycles. The zero-order valence-corrected chi connectivity index (χ0v) is 18.4. The van der Waals surface area contributed by atoms with Gasteiger partial charge in [0.15, 0.2) is 11.0 Å². The molecular formula is C22H17BrClFO6. The van der Waals surface area contributed by atoms with Gasteiger partial charge in [-0.1, -0.05) is 17.7 Å². The molecule has 0 bridgehead atoms. The molecule has 31 heavy (non-hydrogen) atoms. The Bertz CT molecular complexity index is 1200. The van der Waals surface area contributed by atoms with Gasteiger partial charge in [0.05, 0.1) is 39.1 Å². The highest BCUT2D eigenvalue weighted by molar-refractivity contribution is 9.10. The van der Waals surface area contributed by atoms with Crippen LogP contribution in [0.3, 0.4) is 0 Å². The van der Waals surface area contributed by atoms with E-state index in [1.165, 1.54) is 6.07 Å². The van der Waals surface area contributed by atoms with E-state index >= 15 is 0 Å². The largest absolute Gasteiger partial charge is 0.489 e. The first-order valence-corrected chi connectivity index (χ1v) is 10.7. The summed E-state index contributed by atoms with van der Waals surface area (Å²) in [5.74, 6) is -1.08. The minimum absolute atomic E-state index is 0.0000197. The van der Waals surface area contributed by atoms with Gasteiger partial charge in [0.2, 0.25) is 0 Å². The number of fused-ring (bicyclic) bond motifs is 1. The molecule has 0 atom stereocenters. The Kier molecular flexibility index (Phi) is 6.31. The lowest BCUT2D eigenvalue weighted by atomic mass is 9.82. The highest BCUT2D eigenvalue weighted by Crippen LogP contribution is 2.38. The Morgan fingerprint density at radius 2 is 2.03 bits per heavy atom. The van der Waals surface area contributed by atoms with Crippen molar-refractivity contribution in [1.82, 2.24) is 0 Å². The van der Waals surface area contributed by atoms with Crippen LogP contribution in [0.5, 0.6) is 5.75 Å². The molecule has 1 saturated carbocycles. The van der Waals surface area contributed by atoms with Crippen molar-refractivity contribution in [3.8, 4) is 17.1 Å². The third-order valence-electron chi connectivity index (χ3n) is 5.11. The van der Waals surface area contributed by atoms with Crippen LogP contribution in [0.1, 0.15) is 12.8 Å². The van der Waals surface area contributed by atoms with Crippen molar-refractivity contribution in [3.63, 3.8) is 0 Å². The minimum atomic E-state index is -0.798. The first kappa shape index (κ1) is 21.8. The standard InChI is InChI=1S/C22H17BrClFO6/c23-16-3-1-2-14(20(16)30-5-4-29-13-6-11(7-13)22(27)28)19-10-18(26)15-8-12(25)9-17(24)21(15)31-19/h1-3,8-11,13H,4-7H2,(H,27,28). The van der Waals surface area contributed by atoms with Crippen LogP contribution in [0.2, 0.25) is 5.02 Å². The van der Waals surface area contributed by atoms with Crippen LogP contribution in [-0.4, -0.2) is 30.4 Å². The Morgan fingerprint density at radius 1 is 1.26 bits per heavy atom. The molecule has 0 saturated heterocycles. The van der Waals surface area contributed by atoms with Crippen molar-refractivity contribution in [2.24, 2.45) is 5.92 Å². The van der Waals surface area contributed by atoms with Gasteiger partial charge in [-0.05, 0) is 53.0 Å². The molecule has 3 aromatic rings. The molecular weight excluding hydrogens is 495 g/mol. The maximum atomic E-state index is 13.6. The first-order valence-electron chi connectivity index (χ1n) is 9.52. The minimum Gasteiger partial charge on any atom is -0.489 e. The van der Waals surface area contributed by atoms with Crippen LogP contribution >= 0.6 is 27.5 Å². The summed E-state index contributed by atoms with van der Waals surface area (Å²) < 4.78 is 31.6. The number of carbonyl (C=O) groups is 1. The SMILES string of the molecule is O=C(O)C1CC(OCCOc2c(Br)cccc2-c2cc(=O)c3cc(F)cc(Cl)c3o2)C1. The van der Waals surface area contributed by atoms with Gasteiger partial charge >= 0.3 is 5.97 Å². The van der Waals surface area contributed by atoms with E-state index in [1.54, 1.807) is 18.2 Å². The van der Waals surface area contributed by atoms with Gasteiger partial charge in [-0.2, -0.15) is 0 Å². The number of rotatable bonds is 7. The molecule has 1 heterocycles. The van der Waals surface area contributed by atoms with Crippen LogP contribution < -0.4 is 10.2 Å². The molecule has 0 amide bonds. The molecule has 162 valence electrons. The number of aliphatic carboxylic acids is 1. The van der Waals surface area contributed by atoms with Crippen molar-refractivity contribution in [3.05, 3.63) is 61.9 Å². The highest BCUT2D eigenvalue weighted by Gasteiger charge is 2.35. The van der Waals surface area contributed by atoms with E-state index in [0.717, 1.165) is 12.1 Å². The third kappa shape index (κ3) is 4.61. The van der Waals surface area contributed by atoms with E-state index in [0.29, 0.717) is 28.6 Å². The molecule has 1 aromatic heterocycles. The van der Waals surface area contributed by atoms with E-state index < -0.39 is 17.2 Å². The van der Waals surface area contributed by atoms with Gasteiger partial charge in [-0.15, -0.1) is 0 Å². The zero-order chi connectivity index (χ0) is 22.1. The zero-order valence-electron chi connectivity index (χ0n) is 16.1. The summed E-state index contributed by atoms with van der Waals surface area (Å²) in [7, 11) is 0. The fraction of sp³-hybridized carbons (Fsp3) is 0.273. The van der Waals surface area contributed by atoms with Crippen LogP contribution in [0.4, 0.5) is 4.39 Å². The predicted molar refractivity (Wildman–Crippen MR) is 116 cm³/mol. The van der Waals surface area contributed by atoms with E-state index in [-0.39, 0.29) is 47.0 Å². The van der Waals surface area contributed by atoms with E-state index in [4.69, 9.17) is 30.6 Å². The smallest absolute Gasteiger partial charge is 0.306 e. The number of ether oxygens (including phenoxy) is 2. The van der Waals surface area contributed by atoms with Crippen LogP contribution in [0, 0.1) is 11.7 Å². The topological polar surface area (TPSA) is 86.0 Å². The number of halogens is 3. The van der Waals surface area contributed by atoms with Crippen molar-refractivity contribution in [2.45, 2.75) is 18.9 Å². The van der Waals surface area contributed by atoms with E-state index in [2.05, 4.69) is 15.9 Å². The van der Waals surface area contributed by atoms with Crippen LogP contribution in [0.25, 0.3) is 22.3 Å². The molecule has 4 rings (SSSR count). The van der Waals surface area contributed by atoms with Gasteiger partial charge in [0.1, 0.15) is 23.9 Å². The number of carboxylic acid groups (broad SMARTS) is 1. The number of hydrogen-bond donors (Lipinski definition) is 1. The maximum Gasteiger partial charge on any atom is 0.306 e. The van der Waals surface area contributed by atoms with Gasteiger partial charge < -0.3 is 19.0 Å². The lowest BCUT2D eigenvalue weighted by molar-refractivity contribution is -0.151. The molecule has 6 nitrogen and oxygen atoms in total. The summed E-state index contributed by atoms with van der Waals surface area (Å²) in [6.45, 7) is 0.498. The Morgan fingerprint density at radius 3 is 2.77 bits per heavy atom. The fourth-order valence-corrected chi connectivity index (χ4v) is 4.15. The van der Waals surface area contributed by atoms with Crippen molar-refractivity contribution < 1.29 is 28.2 Å². The molecule has 1 aliphatic carbocycles. The number of para-hydroxylation sites is 1. The number of hydrogen-bond acceptors (Lipinski definition) is 5. The molecule has 1 fully saturated rings. The summed E-state index contributed by atoms with van der Waals surface area (Å²) in [5.41, 5.74) is 0.186. The van der Waals surface area contributed by atoms with Gasteiger partial charge in [0.25, 0.3) is 0 Å². The average molecular weight is 512 g/mol. The monoisotopic (exact) mass is 510 g/mol. The summed E-state index contributed by atoms with van der Waals surface area (Å²) in [4.78, 5) is 23.4. The van der Waals surface area contributed by atoms with Crippen LogP contribution in [-0.2, 0) is 9.53 Å². The third-order valence-corrected chi connectivity index (χ3v) is 6.01. The lowest BCUT2D eigenvalue weighted by Gasteiger charge is -2.32. The quantitative estimate of drug-likeness (QED) is 0.435. The maximum absolute atomic E-state index is 13.6. The van der Waals surface area contributed by atoms with Gasteiger partial charge in [-0.3, -0.25) is 9.59 Å². The molecule has 9 heteroatoms. The number of carboxylic acids is 1. The highest BCUT2D eigenvalue weighted by atomic mass is 79.9.